The van der Waals surface area contributed by atoms with Gasteiger partial charge in [-0.25, -0.2) is 9.78 Å². The van der Waals surface area contributed by atoms with Crippen LogP contribution in [0.4, 0.5) is 0 Å². The normalized spacial score (nSPS) is 15.3. The molecule has 1 heterocycles. The fourth-order valence-electron chi connectivity index (χ4n) is 2.03. The van der Waals surface area contributed by atoms with Gasteiger partial charge in [-0.05, 0) is 31.9 Å². The summed E-state index contributed by atoms with van der Waals surface area (Å²) in [5.74, 6) is -0.809. The van der Waals surface area contributed by atoms with Gasteiger partial charge >= 0.3 is 5.97 Å². The van der Waals surface area contributed by atoms with Gasteiger partial charge in [0.25, 0.3) is 5.91 Å². The molecule has 0 bridgehead atoms. The predicted octanol–water partition coefficient (Wildman–Crippen LogP) is 2.02. The van der Waals surface area contributed by atoms with Crippen LogP contribution in [0.1, 0.15) is 24.8 Å². The number of hydrogen-bond donors (Lipinski definition) is 1. The number of amides is 1. The van der Waals surface area contributed by atoms with E-state index in [1.54, 1.807) is 6.92 Å². The highest BCUT2D eigenvalue weighted by molar-refractivity contribution is 7.18. The maximum Gasteiger partial charge on any atom is 0.332 e. The number of fused-ring (bicyclic) bond motifs is 1. The Bertz CT molecular complexity index is 678. The lowest BCUT2D eigenvalue weighted by atomic mass is 10.3. The second kappa shape index (κ2) is 7.06. The van der Waals surface area contributed by atoms with E-state index in [-0.39, 0.29) is 25.2 Å². The molecule has 23 heavy (non-hydrogen) atoms. The van der Waals surface area contributed by atoms with Gasteiger partial charge in [-0.3, -0.25) is 4.79 Å². The van der Waals surface area contributed by atoms with E-state index < -0.39 is 12.1 Å². The van der Waals surface area contributed by atoms with E-state index in [2.05, 4.69) is 10.3 Å². The topological polar surface area (TPSA) is 77.5 Å². The molecule has 1 aliphatic carbocycles. The van der Waals surface area contributed by atoms with E-state index in [9.17, 15) is 9.59 Å². The molecule has 6 nitrogen and oxygen atoms in total. The van der Waals surface area contributed by atoms with Crippen LogP contribution in [0.15, 0.2) is 24.3 Å². The van der Waals surface area contributed by atoms with E-state index in [4.69, 9.17) is 9.47 Å². The minimum Gasteiger partial charge on any atom is -0.451 e. The molecule has 1 aliphatic rings. The van der Waals surface area contributed by atoms with Gasteiger partial charge in [0.2, 0.25) is 0 Å². The molecular formula is C16H18N2O4S. The molecule has 122 valence electrons. The highest BCUT2D eigenvalue weighted by Gasteiger charge is 2.27. The van der Waals surface area contributed by atoms with E-state index >= 15 is 0 Å². The number of para-hydroxylation sites is 1. The zero-order valence-corrected chi connectivity index (χ0v) is 13.6. The summed E-state index contributed by atoms with van der Waals surface area (Å²) in [6.45, 7) is 1.61. The number of thiazole rings is 1. The van der Waals surface area contributed by atoms with Gasteiger partial charge in [-0.2, -0.15) is 0 Å². The third-order valence-electron chi connectivity index (χ3n) is 3.38. The Morgan fingerprint density at radius 3 is 2.91 bits per heavy atom. The zero-order valence-electron chi connectivity index (χ0n) is 12.8. The first-order valence-electron chi connectivity index (χ1n) is 7.54. The standard InChI is InChI=1S/C16H18N2O4S/c1-10(16(20)17-11-6-7-11)22-15(19)9-21-8-14-18-12-4-2-3-5-13(12)23-14/h2-5,10-11H,6-9H2,1H3,(H,17,20)/t10-/m1/s1. The fraction of sp³-hybridized carbons (Fsp3) is 0.438. The summed E-state index contributed by atoms with van der Waals surface area (Å²) in [6.07, 6.45) is 1.20. The smallest absolute Gasteiger partial charge is 0.332 e. The van der Waals surface area contributed by atoms with Crippen molar-refractivity contribution < 1.29 is 19.1 Å². The van der Waals surface area contributed by atoms with Crippen LogP contribution >= 0.6 is 11.3 Å². The van der Waals surface area contributed by atoms with E-state index in [1.165, 1.54) is 11.3 Å². The summed E-state index contributed by atoms with van der Waals surface area (Å²) in [5, 5.41) is 3.59. The minimum atomic E-state index is -0.797. The number of carbonyl (C=O) groups is 2. The lowest BCUT2D eigenvalue weighted by Gasteiger charge is -2.12. The van der Waals surface area contributed by atoms with Crippen molar-refractivity contribution in [2.75, 3.05) is 6.61 Å². The van der Waals surface area contributed by atoms with Crippen molar-refractivity contribution in [3.05, 3.63) is 29.3 Å². The van der Waals surface area contributed by atoms with Crippen LogP contribution in [-0.2, 0) is 25.7 Å². The molecule has 0 spiro atoms. The van der Waals surface area contributed by atoms with Gasteiger partial charge in [0, 0.05) is 6.04 Å². The van der Waals surface area contributed by atoms with Gasteiger partial charge in [0.15, 0.2) is 6.10 Å². The largest absolute Gasteiger partial charge is 0.451 e. The Kier molecular flexibility index (Phi) is 4.88. The van der Waals surface area contributed by atoms with Crippen molar-refractivity contribution >= 4 is 33.4 Å². The number of nitrogens with zero attached hydrogens (tertiary/aromatic N) is 1. The number of ether oxygens (including phenoxy) is 2. The van der Waals surface area contributed by atoms with Crippen molar-refractivity contribution in [3.8, 4) is 0 Å². The van der Waals surface area contributed by atoms with Crippen molar-refractivity contribution in [3.63, 3.8) is 0 Å². The second-order valence-electron chi connectivity index (χ2n) is 5.48. The molecule has 1 atom stereocenters. The summed E-state index contributed by atoms with van der Waals surface area (Å²) < 4.78 is 11.5. The van der Waals surface area contributed by atoms with Crippen molar-refractivity contribution in [1.29, 1.82) is 0 Å². The van der Waals surface area contributed by atoms with Crippen LogP contribution < -0.4 is 5.32 Å². The van der Waals surface area contributed by atoms with Gasteiger partial charge < -0.3 is 14.8 Å². The van der Waals surface area contributed by atoms with Crippen LogP contribution in [0.25, 0.3) is 10.2 Å². The molecular weight excluding hydrogens is 316 g/mol. The van der Waals surface area contributed by atoms with Crippen LogP contribution in [0.2, 0.25) is 0 Å². The first-order chi connectivity index (χ1) is 11.1. The lowest BCUT2D eigenvalue weighted by molar-refractivity contribution is -0.159. The third-order valence-corrected chi connectivity index (χ3v) is 4.39. The molecule has 0 radical (unpaired) electrons. The molecule has 1 aromatic heterocycles. The van der Waals surface area contributed by atoms with Crippen LogP contribution in [0.5, 0.6) is 0 Å². The average molecular weight is 334 g/mol. The molecule has 0 unspecified atom stereocenters. The Morgan fingerprint density at radius 1 is 1.39 bits per heavy atom. The van der Waals surface area contributed by atoms with Gasteiger partial charge in [-0.1, -0.05) is 12.1 Å². The van der Waals surface area contributed by atoms with Crippen LogP contribution in [-0.4, -0.2) is 35.6 Å². The second-order valence-corrected chi connectivity index (χ2v) is 6.60. The summed E-state index contributed by atoms with van der Waals surface area (Å²) in [4.78, 5) is 27.8. The fourth-order valence-corrected chi connectivity index (χ4v) is 2.94. The summed E-state index contributed by atoms with van der Waals surface area (Å²) in [7, 11) is 0. The molecule has 1 amide bonds. The highest BCUT2D eigenvalue weighted by atomic mass is 32.1. The Labute approximate surface area is 137 Å². The third kappa shape index (κ3) is 4.49. The predicted molar refractivity (Wildman–Crippen MR) is 86.0 cm³/mol. The van der Waals surface area contributed by atoms with Crippen molar-refractivity contribution in [1.82, 2.24) is 10.3 Å². The molecule has 7 heteroatoms. The zero-order chi connectivity index (χ0) is 16.2. The quantitative estimate of drug-likeness (QED) is 0.784. The van der Waals surface area contributed by atoms with Crippen LogP contribution in [0, 0.1) is 0 Å². The molecule has 1 N–H and O–H groups in total. The maximum absolute atomic E-state index is 11.7. The molecule has 2 aromatic rings. The molecule has 1 saturated carbocycles. The maximum atomic E-state index is 11.7. The van der Waals surface area contributed by atoms with Gasteiger partial charge in [0.05, 0.1) is 16.8 Å². The number of nitrogens with one attached hydrogen (secondary N) is 1. The van der Waals surface area contributed by atoms with E-state index in [0.717, 1.165) is 28.1 Å². The van der Waals surface area contributed by atoms with Crippen molar-refractivity contribution in [2.24, 2.45) is 0 Å². The first kappa shape index (κ1) is 15.9. The number of benzene rings is 1. The minimum absolute atomic E-state index is 0.197. The molecule has 1 fully saturated rings. The molecule has 1 aromatic carbocycles. The average Bonchev–Trinajstić information content (AvgIpc) is 3.23. The number of hydrogen-bond acceptors (Lipinski definition) is 6. The summed E-state index contributed by atoms with van der Waals surface area (Å²) in [5.41, 5.74) is 0.920. The number of aromatic nitrogens is 1. The number of carbonyl (C=O) groups excluding carboxylic acids is 2. The molecule has 0 aliphatic heterocycles. The Morgan fingerprint density at radius 2 is 2.17 bits per heavy atom. The summed E-state index contributed by atoms with van der Waals surface area (Å²) in [6, 6.07) is 8.06. The molecule has 0 saturated heterocycles. The van der Waals surface area contributed by atoms with Gasteiger partial charge in [-0.15, -0.1) is 11.3 Å². The Hall–Kier alpha value is -1.99. The Balaban J connectivity index is 1.40. The lowest BCUT2D eigenvalue weighted by Crippen LogP contribution is -2.37. The van der Waals surface area contributed by atoms with E-state index in [0.29, 0.717) is 0 Å². The SMILES string of the molecule is C[C@@H](OC(=O)COCc1nc2ccccc2s1)C(=O)NC1CC1. The van der Waals surface area contributed by atoms with Gasteiger partial charge in [0.1, 0.15) is 11.6 Å². The van der Waals surface area contributed by atoms with E-state index in [1.807, 2.05) is 24.3 Å². The first-order valence-corrected chi connectivity index (χ1v) is 8.35. The van der Waals surface area contributed by atoms with Crippen molar-refractivity contribution in [2.45, 2.75) is 38.5 Å². The summed E-state index contributed by atoms with van der Waals surface area (Å²) >= 11 is 1.53. The molecule has 3 rings (SSSR count). The monoisotopic (exact) mass is 334 g/mol. The number of esters is 1. The van der Waals surface area contributed by atoms with Crippen LogP contribution in [0.3, 0.4) is 0 Å². The number of rotatable bonds is 7. The highest BCUT2D eigenvalue weighted by Crippen LogP contribution is 2.22.